The van der Waals surface area contributed by atoms with E-state index in [1.54, 1.807) is 0 Å². The molecule has 0 aromatic heterocycles. The minimum atomic E-state index is 0.229. The number of hydrogen-bond acceptors (Lipinski definition) is 1. The summed E-state index contributed by atoms with van der Waals surface area (Å²) < 4.78 is 0. The zero-order valence-electron chi connectivity index (χ0n) is 18.2. The maximum Gasteiger partial charge on any atom is 0.00965 e. The fourth-order valence-electron chi connectivity index (χ4n) is 3.17. The summed E-state index contributed by atoms with van der Waals surface area (Å²) in [5.41, 5.74) is 0.229. The van der Waals surface area contributed by atoms with Crippen LogP contribution >= 0.6 is 10.5 Å². The first-order valence-corrected chi connectivity index (χ1v) is 11.9. The summed E-state index contributed by atoms with van der Waals surface area (Å²) in [6.45, 7) is 18.7. The third-order valence-electron chi connectivity index (χ3n) is 4.79. The predicted octanol–water partition coefficient (Wildman–Crippen LogP) is 7.17. The summed E-state index contributed by atoms with van der Waals surface area (Å²) in [6.07, 6.45) is 15.7. The lowest BCUT2D eigenvalue weighted by Gasteiger charge is -2.23. The van der Waals surface area contributed by atoms with Gasteiger partial charge in [0.2, 0.25) is 0 Å². The van der Waals surface area contributed by atoms with Crippen LogP contribution < -0.4 is 5.32 Å². The summed E-state index contributed by atoms with van der Waals surface area (Å²) >= 11 is 0. The molecule has 0 spiro atoms. The van der Waals surface area contributed by atoms with E-state index in [-0.39, 0.29) is 16.0 Å². The summed E-state index contributed by atoms with van der Waals surface area (Å²) in [6, 6.07) is 0. The first-order chi connectivity index (χ1) is 11.7. The second-order valence-corrected chi connectivity index (χ2v) is 10.4. The van der Waals surface area contributed by atoms with Crippen LogP contribution in [-0.2, 0) is 0 Å². The van der Waals surface area contributed by atoms with E-state index in [2.05, 4.69) is 71.1 Å². The fraction of sp³-hybridized carbons (Fsp3) is 0.783. The van der Waals surface area contributed by atoms with Crippen LogP contribution in [0.1, 0.15) is 86.5 Å². The Morgan fingerprint density at radius 3 is 2.40 bits per heavy atom. The predicted molar refractivity (Wildman–Crippen MR) is 122 cm³/mol. The van der Waals surface area contributed by atoms with Crippen LogP contribution in [0.3, 0.4) is 0 Å². The van der Waals surface area contributed by atoms with Gasteiger partial charge in [0.1, 0.15) is 0 Å². The molecule has 0 bridgehead atoms. The van der Waals surface area contributed by atoms with Crippen molar-refractivity contribution in [2.24, 2.45) is 11.8 Å². The van der Waals surface area contributed by atoms with Crippen LogP contribution in [-0.4, -0.2) is 23.7 Å². The van der Waals surface area contributed by atoms with Gasteiger partial charge in [-0.25, -0.2) is 0 Å². The fourth-order valence-corrected chi connectivity index (χ4v) is 4.57. The molecule has 0 rings (SSSR count). The van der Waals surface area contributed by atoms with E-state index < -0.39 is 0 Å². The molecule has 0 aliphatic rings. The molecule has 25 heavy (non-hydrogen) atoms. The maximum atomic E-state index is 3.83. The van der Waals surface area contributed by atoms with Gasteiger partial charge in [0.15, 0.2) is 0 Å². The monoisotopic (exact) mass is 367 g/mol. The van der Waals surface area contributed by atoms with Gasteiger partial charge in [0.05, 0.1) is 0 Å². The van der Waals surface area contributed by atoms with Crippen molar-refractivity contribution >= 4 is 15.9 Å². The van der Waals surface area contributed by atoms with Gasteiger partial charge in [-0.2, -0.15) is 10.5 Å². The summed E-state index contributed by atoms with van der Waals surface area (Å²) in [5, 5.41) is 6.30. The van der Waals surface area contributed by atoms with Gasteiger partial charge >= 0.3 is 0 Å². The average Bonchev–Trinajstić information content (AvgIpc) is 2.54. The van der Waals surface area contributed by atoms with Crippen molar-refractivity contribution in [3.05, 3.63) is 23.6 Å². The van der Waals surface area contributed by atoms with E-state index in [1.165, 1.54) is 43.4 Å². The number of hydrogen-bond donors (Lipinski definition) is 1. The zero-order chi connectivity index (χ0) is 19.3. The molecule has 0 saturated heterocycles. The van der Waals surface area contributed by atoms with E-state index in [9.17, 15) is 0 Å². The topological polar surface area (TPSA) is 12.0 Å². The largest absolute Gasteiger partial charge is 0.312 e. The molecule has 0 aliphatic carbocycles. The van der Waals surface area contributed by atoms with Gasteiger partial charge in [-0.05, 0) is 82.9 Å². The Morgan fingerprint density at radius 1 is 1.20 bits per heavy atom. The first kappa shape index (κ1) is 24.7. The highest BCUT2D eigenvalue weighted by molar-refractivity contribution is 8.17. The standard InChI is InChI=1S/C23H45NS/c1-9-12-15-20(4)25(8)19-22(18-21(11-3)14-10-2)16-13-17-24-23(5,6)7/h9,15,19,21-22,24H,1,10-14,16-18H2,2-8H3/b20-15-. The van der Waals surface area contributed by atoms with Gasteiger partial charge in [0, 0.05) is 5.54 Å². The van der Waals surface area contributed by atoms with Crippen LogP contribution in [0.5, 0.6) is 0 Å². The molecule has 2 heteroatoms. The van der Waals surface area contributed by atoms with E-state index in [4.69, 9.17) is 0 Å². The average molecular weight is 368 g/mol. The Bertz CT molecular complexity index is 414. The third kappa shape index (κ3) is 13.5. The second kappa shape index (κ2) is 13.8. The Kier molecular flexibility index (Phi) is 13.6. The Hall–Kier alpha value is -0.340. The molecular formula is C23H45NS. The lowest BCUT2D eigenvalue weighted by atomic mass is 9.88. The molecule has 0 amide bonds. The second-order valence-electron chi connectivity index (χ2n) is 8.41. The minimum absolute atomic E-state index is 0.229. The van der Waals surface area contributed by atoms with Crippen LogP contribution in [0.15, 0.2) is 23.6 Å². The summed E-state index contributed by atoms with van der Waals surface area (Å²) in [5.74, 6) is 1.63. The SMILES string of the molecule is C=CC/C=C(/C)S(C)=CC(CCCNC(C)(C)C)CC(CC)CCC. The lowest BCUT2D eigenvalue weighted by Crippen LogP contribution is -2.36. The van der Waals surface area contributed by atoms with E-state index >= 15 is 0 Å². The highest BCUT2D eigenvalue weighted by atomic mass is 32.2. The molecule has 0 fully saturated rings. The van der Waals surface area contributed by atoms with Crippen molar-refractivity contribution in [2.45, 2.75) is 92.0 Å². The molecule has 0 heterocycles. The zero-order valence-corrected chi connectivity index (χ0v) is 19.0. The van der Waals surface area contributed by atoms with Crippen LogP contribution in [0.4, 0.5) is 0 Å². The Labute approximate surface area is 161 Å². The molecule has 3 unspecified atom stereocenters. The molecule has 148 valence electrons. The molecule has 0 aromatic rings. The number of nitrogens with one attached hydrogen (secondary N) is 1. The van der Waals surface area contributed by atoms with Crippen LogP contribution in [0, 0.1) is 11.8 Å². The molecular weight excluding hydrogens is 322 g/mol. The summed E-state index contributed by atoms with van der Waals surface area (Å²) in [7, 11) is 0.277. The van der Waals surface area contributed by atoms with E-state index in [0.29, 0.717) is 0 Å². The van der Waals surface area contributed by atoms with Crippen molar-refractivity contribution in [2.75, 3.05) is 12.8 Å². The number of rotatable bonds is 13. The molecule has 1 N–H and O–H groups in total. The van der Waals surface area contributed by atoms with Gasteiger partial charge in [0.25, 0.3) is 0 Å². The quantitative estimate of drug-likeness (QED) is 0.207. The lowest BCUT2D eigenvalue weighted by molar-refractivity contribution is 0.366. The Morgan fingerprint density at radius 2 is 1.88 bits per heavy atom. The van der Waals surface area contributed by atoms with E-state index in [0.717, 1.165) is 24.8 Å². The molecule has 3 atom stereocenters. The molecule has 1 nitrogen and oxygen atoms in total. The molecule has 0 radical (unpaired) electrons. The smallest absolute Gasteiger partial charge is 0.00965 e. The van der Waals surface area contributed by atoms with Gasteiger partial charge < -0.3 is 5.32 Å². The third-order valence-corrected chi connectivity index (χ3v) is 6.77. The van der Waals surface area contributed by atoms with Crippen LogP contribution in [0.25, 0.3) is 0 Å². The van der Waals surface area contributed by atoms with Crippen molar-refractivity contribution in [1.82, 2.24) is 5.32 Å². The number of allylic oxidation sites excluding steroid dienone is 3. The first-order valence-electron chi connectivity index (χ1n) is 10.3. The van der Waals surface area contributed by atoms with Crippen molar-refractivity contribution in [3.63, 3.8) is 0 Å². The highest BCUT2D eigenvalue weighted by Crippen LogP contribution is 2.28. The summed E-state index contributed by atoms with van der Waals surface area (Å²) in [4.78, 5) is 1.52. The van der Waals surface area contributed by atoms with Crippen molar-refractivity contribution in [1.29, 1.82) is 0 Å². The van der Waals surface area contributed by atoms with Gasteiger partial charge in [-0.1, -0.05) is 50.6 Å². The maximum absolute atomic E-state index is 3.83. The Balaban J connectivity index is 4.89. The van der Waals surface area contributed by atoms with E-state index in [1.807, 2.05) is 6.08 Å². The molecule has 0 aliphatic heterocycles. The van der Waals surface area contributed by atoms with Crippen LogP contribution in [0.2, 0.25) is 0 Å². The van der Waals surface area contributed by atoms with Gasteiger partial charge in [-0.15, -0.1) is 6.58 Å². The molecule has 0 aromatic carbocycles. The van der Waals surface area contributed by atoms with Crippen molar-refractivity contribution < 1.29 is 0 Å². The highest BCUT2D eigenvalue weighted by Gasteiger charge is 2.14. The van der Waals surface area contributed by atoms with Crippen molar-refractivity contribution in [3.8, 4) is 0 Å². The normalized spacial score (nSPS) is 16.7. The minimum Gasteiger partial charge on any atom is -0.312 e. The van der Waals surface area contributed by atoms with Gasteiger partial charge in [-0.3, -0.25) is 0 Å². The molecule has 0 saturated carbocycles.